The van der Waals surface area contributed by atoms with E-state index in [1.165, 1.54) is 18.2 Å². The summed E-state index contributed by atoms with van der Waals surface area (Å²) in [7, 11) is 0. The fraction of sp³-hybridized carbons (Fsp3) is 0.211. The monoisotopic (exact) mass is 371 g/mol. The molecule has 0 atom stereocenters. The SMILES string of the molecule is CC(C)(C)Nc1nc(Nc2cc(Cl)ccc2F)cc(-c2ccccn2)n1. The van der Waals surface area contributed by atoms with Crippen LogP contribution in [0.25, 0.3) is 11.4 Å². The van der Waals surface area contributed by atoms with Gasteiger partial charge in [-0.05, 0) is 51.1 Å². The average Bonchev–Trinajstić information content (AvgIpc) is 2.57. The molecule has 3 aromatic rings. The minimum atomic E-state index is -0.419. The summed E-state index contributed by atoms with van der Waals surface area (Å²) in [6.07, 6.45) is 1.69. The van der Waals surface area contributed by atoms with Crippen LogP contribution in [0.3, 0.4) is 0 Å². The van der Waals surface area contributed by atoms with Gasteiger partial charge in [0.25, 0.3) is 0 Å². The Morgan fingerprint density at radius 1 is 1.00 bits per heavy atom. The van der Waals surface area contributed by atoms with Crippen LogP contribution in [0, 0.1) is 5.82 Å². The van der Waals surface area contributed by atoms with Crippen molar-refractivity contribution >= 4 is 29.1 Å². The van der Waals surface area contributed by atoms with E-state index in [0.29, 0.717) is 28.2 Å². The number of nitrogens with zero attached hydrogens (tertiary/aromatic N) is 3. The van der Waals surface area contributed by atoms with Gasteiger partial charge in [-0.25, -0.2) is 9.37 Å². The standard InChI is InChI=1S/C19H19ClFN5/c1-19(2,3)26-18-24-16(14-6-4-5-9-22-14)11-17(25-18)23-15-10-12(20)7-8-13(15)21/h4-11H,1-3H3,(H2,23,24,25,26). The number of halogens is 2. The van der Waals surface area contributed by atoms with Crippen LogP contribution in [0.5, 0.6) is 0 Å². The molecule has 2 aromatic heterocycles. The van der Waals surface area contributed by atoms with Gasteiger partial charge < -0.3 is 10.6 Å². The van der Waals surface area contributed by atoms with Gasteiger partial charge in [-0.1, -0.05) is 17.7 Å². The minimum Gasteiger partial charge on any atom is -0.350 e. The number of benzene rings is 1. The van der Waals surface area contributed by atoms with Crippen LogP contribution in [0.1, 0.15) is 20.8 Å². The van der Waals surface area contributed by atoms with E-state index in [1.54, 1.807) is 12.3 Å². The maximum absolute atomic E-state index is 14.1. The third-order valence-corrected chi connectivity index (χ3v) is 3.57. The molecule has 0 fully saturated rings. The highest BCUT2D eigenvalue weighted by atomic mass is 35.5. The van der Waals surface area contributed by atoms with E-state index >= 15 is 0 Å². The lowest BCUT2D eigenvalue weighted by Crippen LogP contribution is -2.27. The van der Waals surface area contributed by atoms with E-state index in [-0.39, 0.29) is 11.2 Å². The molecule has 0 spiro atoms. The molecule has 0 aliphatic carbocycles. The largest absolute Gasteiger partial charge is 0.350 e. The van der Waals surface area contributed by atoms with Crippen molar-refractivity contribution in [1.29, 1.82) is 0 Å². The van der Waals surface area contributed by atoms with Crippen LogP contribution in [0.4, 0.5) is 21.8 Å². The Balaban J connectivity index is 2.03. The number of nitrogens with one attached hydrogen (secondary N) is 2. The Morgan fingerprint density at radius 3 is 2.50 bits per heavy atom. The predicted molar refractivity (Wildman–Crippen MR) is 103 cm³/mol. The molecule has 134 valence electrons. The topological polar surface area (TPSA) is 62.7 Å². The van der Waals surface area contributed by atoms with Crippen LogP contribution in [0.2, 0.25) is 5.02 Å². The number of anilines is 3. The molecule has 5 nitrogen and oxygen atoms in total. The van der Waals surface area contributed by atoms with Crippen LogP contribution < -0.4 is 10.6 Å². The first-order valence-corrected chi connectivity index (χ1v) is 8.49. The summed E-state index contributed by atoms with van der Waals surface area (Å²) < 4.78 is 14.1. The lowest BCUT2D eigenvalue weighted by atomic mass is 10.1. The van der Waals surface area contributed by atoms with Crippen LogP contribution in [-0.4, -0.2) is 20.5 Å². The van der Waals surface area contributed by atoms with Crippen molar-refractivity contribution in [3.8, 4) is 11.4 Å². The lowest BCUT2D eigenvalue weighted by molar-refractivity contribution is 0.625. The molecule has 0 saturated carbocycles. The summed E-state index contributed by atoms with van der Waals surface area (Å²) in [6.45, 7) is 6.02. The van der Waals surface area contributed by atoms with E-state index < -0.39 is 5.82 Å². The van der Waals surface area contributed by atoms with E-state index in [0.717, 1.165) is 0 Å². The molecule has 0 saturated heterocycles. The van der Waals surface area contributed by atoms with Crippen molar-refractivity contribution in [2.24, 2.45) is 0 Å². The van der Waals surface area contributed by atoms with Gasteiger partial charge in [-0.15, -0.1) is 0 Å². The van der Waals surface area contributed by atoms with E-state index in [4.69, 9.17) is 11.6 Å². The van der Waals surface area contributed by atoms with Crippen molar-refractivity contribution in [2.75, 3.05) is 10.6 Å². The number of hydrogen-bond donors (Lipinski definition) is 2. The van der Waals surface area contributed by atoms with Gasteiger partial charge in [0.15, 0.2) is 0 Å². The Hall–Kier alpha value is -2.73. The fourth-order valence-corrected chi connectivity index (χ4v) is 2.45. The van der Waals surface area contributed by atoms with Gasteiger partial charge in [0.05, 0.1) is 17.1 Å². The molecule has 0 aliphatic rings. The smallest absolute Gasteiger partial charge is 0.225 e. The molecular weight excluding hydrogens is 353 g/mol. The maximum atomic E-state index is 14.1. The summed E-state index contributed by atoms with van der Waals surface area (Å²) >= 11 is 5.97. The third kappa shape index (κ3) is 4.67. The zero-order chi connectivity index (χ0) is 18.7. The Morgan fingerprint density at radius 2 is 1.81 bits per heavy atom. The van der Waals surface area contributed by atoms with Crippen molar-refractivity contribution in [3.63, 3.8) is 0 Å². The molecule has 1 aromatic carbocycles. The lowest BCUT2D eigenvalue weighted by Gasteiger charge is -2.21. The van der Waals surface area contributed by atoms with E-state index in [1.807, 2.05) is 39.0 Å². The molecule has 0 amide bonds. The van der Waals surface area contributed by atoms with Crippen LogP contribution in [-0.2, 0) is 0 Å². The molecule has 0 radical (unpaired) electrons. The highest BCUT2D eigenvalue weighted by molar-refractivity contribution is 6.30. The van der Waals surface area contributed by atoms with Gasteiger partial charge in [-0.2, -0.15) is 4.98 Å². The first-order chi connectivity index (χ1) is 12.3. The first kappa shape index (κ1) is 18.1. The van der Waals surface area contributed by atoms with E-state index in [9.17, 15) is 4.39 Å². The van der Waals surface area contributed by atoms with Gasteiger partial charge in [0.1, 0.15) is 11.6 Å². The molecule has 26 heavy (non-hydrogen) atoms. The normalized spacial score (nSPS) is 11.3. The zero-order valence-electron chi connectivity index (χ0n) is 14.7. The quantitative estimate of drug-likeness (QED) is 0.652. The summed E-state index contributed by atoms with van der Waals surface area (Å²) in [6, 6.07) is 11.6. The van der Waals surface area contributed by atoms with Gasteiger partial charge >= 0.3 is 0 Å². The average molecular weight is 372 g/mol. The highest BCUT2D eigenvalue weighted by Gasteiger charge is 2.15. The minimum absolute atomic E-state index is 0.235. The summed E-state index contributed by atoms with van der Waals surface area (Å²) in [5.41, 5.74) is 1.32. The Labute approximate surface area is 156 Å². The highest BCUT2D eigenvalue weighted by Crippen LogP contribution is 2.26. The van der Waals surface area contributed by atoms with Gasteiger partial charge in [0, 0.05) is 22.8 Å². The van der Waals surface area contributed by atoms with Crippen molar-refractivity contribution in [2.45, 2.75) is 26.3 Å². The van der Waals surface area contributed by atoms with Crippen molar-refractivity contribution < 1.29 is 4.39 Å². The molecule has 7 heteroatoms. The number of rotatable bonds is 4. The number of hydrogen-bond acceptors (Lipinski definition) is 5. The molecule has 0 unspecified atom stereocenters. The zero-order valence-corrected chi connectivity index (χ0v) is 15.5. The fourth-order valence-electron chi connectivity index (χ4n) is 2.28. The van der Waals surface area contributed by atoms with Gasteiger partial charge in [0.2, 0.25) is 5.95 Å². The Kier molecular flexibility index (Phi) is 5.04. The summed E-state index contributed by atoms with van der Waals surface area (Å²) in [4.78, 5) is 13.3. The van der Waals surface area contributed by atoms with E-state index in [2.05, 4.69) is 25.6 Å². The van der Waals surface area contributed by atoms with Crippen molar-refractivity contribution in [3.05, 3.63) is 59.5 Å². The molecule has 2 N–H and O–H groups in total. The molecule has 0 bridgehead atoms. The molecule has 0 aliphatic heterocycles. The van der Waals surface area contributed by atoms with Crippen molar-refractivity contribution in [1.82, 2.24) is 15.0 Å². The maximum Gasteiger partial charge on any atom is 0.225 e. The van der Waals surface area contributed by atoms with Gasteiger partial charge in [-0.3, -0.25) is 4.98 Å². The van der Waals surface area contributed by atoms with Crippen LogP contribution >= 0.6 is 11.6 Å². The van der Waals surface area contributed by atoms with Crippen LogP contribution in [0.15, 0.2) is 48.7 Å². The third-order valence-electron chi connectivity index (χ3n) is 3.33. The first-order valence-electron chi connectivity index (χ1n) is 8.11. The summed E-state index contributed by atoms with van der Waals surface area (Å²) in [5.74, 6) is 0.442. The molecule has 3 rings (SSSR count). The second-order valence-corrected chi connectivity index (χ2v) is 7.24. The number of aromatic nitrogens is 3. The second kappa shape index (κ2) is 7.25. The Bertz CT molecular complexity index is 910. The molecule has 2 heterocycles. The summed E-state index contributed by atoms with van der Waals surface area (Å²) in [5, 5.41) is 6.64. The second-order valence-electron chi connectivity index (χ2n) is 6.80. The molecular formula is C19H19ClFN5. The number of pyridine rings is 1. The predicted octanol–water partition coefficient (Wildman–Crippen LogP) is 5.29.